The molecule has 0 spiro atoms. The van der Waals surface area contributed by atoms with E-state index in [1.54, 1.807) is 11.8 Å². The van der Waals surface area contributed by atoms with Gasteiger partial charge in [-0.3, -0.25) is 4.68 Å². The number of aryl methyl sites for hydroxylation is 2. The summed E-state index contributed by atoms with van der Waals surface area (Å²) in [6, 6.07) is 8.24. The number of ether oxygens (including phenoxy) is 1. The quantitative estimate of drug-likeness (QED) is 0.712. The van der Waals surface area contributed by atoms with Crippen LogP contribution in [0.1, 0.15) is 16.8 Å². The third-order valence-corrected chi connectivity index (χ3v) is 5.05. The van der Waals surface area contributed by atoms with Crippen LogP contribution >= 0.6 is 27.5 Å². The summed E-state index contributed by atoms with van der Waals surface area (Å²) in [6.07, 6.45) is 1.93. The minimum absolute atomic E-state index is 0.485. The van der Waals surface area contributed by atoms with Gasteiger partial charge in [-0.25, -0.2) is 0 Å². The molecule has 1 aromatic heterocycles. The molecule has 0 aliphatic rings. The Hall–Kier alpha value is -1.00. The molecule has 0 bridgehead atoms. The van der Waals surface area contributed by atoms with Crippen molar-refractivity contribution in [2.24, 2.45) is 13.0 Å². The van der Waals surface area contributed by atoms with E-state index < -0.39 is 0 Å². The number of rotatable bonds is 6. The summed E-state index contributed by atoms with van der Waals surface area (Å²) in [7, 11) is 3.56. The summed E-state index contributed by atoms with van der Waals surface area (Å²) in [5, 5.41) is 6.06. The van der Waals surface area contributed by atoms with Gasteiger partial charge in [-0.1, -0.05) is 39.7 Å². The molecule has 2 rings (SSSR count). The predicted octanol–water partition coefficient (Wildman–Crippen LogP) is 4.19. The van der Waals surface area contributed by atoms with E-state index in [1.807, 2.05) is 26.1 Å². The summed E-state index contributed by atoms with van der Waals surface area (Å²) < 4.78 is 6.93. The molecule has 0 amide bonds. The fourth-order valence-corrected chi connectivity index (χ4v) is 3.18. The van der Waals surface area contributed by atoms with Gasteiger partial charge < -0.3 is 4.74 Å². The average Bonchev–Trinajstić information content (AvgIpc) is 2.73. The number of hydrogen-bond acceptors (Lipinski definition) is 2. The Balaban J connectivity index is 2.09. The molecule has 1 heterocycles. The Morgan fingerprint density at radius 3 is 2.43 bits per heavy atom. The number of alkyl halides is 1. The topological polar surface area (TPSA) is 27.1 Å². The van der Waals surface area contributed by atoms with Gasteiger partial charge in [0.25, 0.3) is 0 Å². The Morgan fingerprint density at radius 1 is 1.29 bits per heavy atom. The van der Waals surface area contributed by atoms with Gasteiger partial charge in [0.15, 0.2) is 0 Å². The molecular weight excluding hydrogens is 352 g/mol. The maximum Gasteiger partial charge on any atom is 0.130 e. The molecule has 0 N–H and O–H groups in total. The Morgan fingerprint density at radius 2 is 1.95 bits per heavy atom. The molecule has 0 saturated heterocycles. The number of halogens is 2. The lowest BCUT2D eigenvalue weighted by Crippen LogP contribution is -2.10. The van der Waals surface area contributed by atoms with E-state index in [2.05, 4.69) is 33.2 Å². The highest BCUT2D eigenvalue weighted by atomic mass is 79.9. The number of nitrogens with zero attached hydrogens (tertiary/aromatic N) is 2. The summed E-state index contributed by atoms with van der Waals surface area (Å²) in [5.74, 6) is 1.37. The smallest absolute Gasteiger partial charge is 0.130 e. The van der Waals surface area contributed by atoms with Gasteiger partial charge in [0.1, 0.15) is 10.9 Å². The van der Waals surface area contributed by atoms with Crippen molar-refractivity contribution < 1.29 is 4.74 Å². The van der Waals surface area contributed by atoms with Gasteiger partial charge in [-0.15, -0.1) is 0 Å². The first-order valence-corrected chi connectivity index (χ1v) is 8.42. The van der Waals surface area contributed by atoms with E-state index in [9.17, 15) is 0 Å². The van der Waals surface area contributed by atoms with Crippen LogP contribution < -0.4 is 4.74 Å². The molecular formula is C16H20BrClN2O. The summed E-state index contributed by atoms with van der Waals surface area (Å²) >= 11 is 9.95. The number of aromatic nitrogens is 2. The minimum atomic E-state index is 0.485. The second kappa shape index (κ2) is 7.32. The van der Waals surface area contributed by atoms with E-state index in [0.717, 1.165) is 40.3 Å². The van der Waals surface area contributed by atoms with Gasteiger partial charge in [-0.2, -0.15) is 5.10 Å². The summed E-state index contributed by atoms with van der Waals surface area (Å²) in [4.78, 5) is 0. The van der Waals surface area contributed by atoms with E-state index >= 15 is 0 Å². The lowest BCUT2D eigenvalue weighted by molar-refractivity contribution is 0.414. The lowest BCUT2D eigenvalue weighted by atomic mass is 9.94. The molecule has 0 fully saturated rings. The summed E-state index contributed by atoms with van der Waals surface area (Å²) in [6.45, 7) is 2.01. The van der Waals surface area contributed by atoms with Gasteiger partial charge in [-0.05, 0) is 43.4 Å². The van der Waals surface area contributed by atoms with Crippen LogP contribution in [0, 0.1) is 12.8 Å². The molecule has 1 aromatic carbocycles. The maximum atomic E-state index is 6.33. The van der Waals surface area contributed by atoms with E-state index in [-0.39, 0.29) is 0 Å². The molecule has 0 radical (unpaired) electrons. The molecule has 21 heavy (non-hydrogen) atoms. The highest BCUT2D eigenvalue weighted by Gasteiger charge is 2.17. The standard InChI is InChI=1S/C16H20BrClN2O/c1-11-15(16(18)20(2)19-11)9-13(10-17)8-12-4-6-14(21-3)7-5-12/h4-7,13H,8-10H2,1-3H3. The van der Waals surface area contributed by atoms with Crippen LogP contribution in [0.5, 0.6) is 5.75 Å². The molecule has 114 valence electrons. The van der Waals surface area contributed by atoms with E-state index in [4.69, 9.17) is 16.3 Å². The van der Waals surface area contributed by atoms with E-state index in [0.29, 0.717) is 5.92 Å². The van der Waals surface area contributed by atoms with Crippen LogP contribution in [0.4, 0.5) is 0 Å². The molecule has 5 heteroatoms. The summed E-state index contributed by atoms with van der Waals surface area (Å²) in [5.41, 5.74) is 3.47. The van der Waals surface area contributed by atoms with Crippen molar-refractivity contribution in [1.29, 1.82) is 0 Å². The normalized spacial score (nSPS) is 12.4. The van der Waals surface area contributed by atoms with Crippen LogP contribution in [0.2, 0.25) is 5.15 Å². The first-order chi connectivity index (χ1) is 10.0. The zero-order valence-electron chi connectivity index (χ0n) is 12.6. The van der Waals surface area contributed by atoms with Gasteiger partial charge in [0, 0.05) is 17.9 Å². The van der Waals surface area contributed by atoms with E-state index in [1.165, 1.54) is 5.56 Å². The van der Waals surface area contributed by atoms with Crippen molar-refractivity contribution >= 4 is 27.5 Å². The van der Waals surface area contributed by atoms with Crippen LogP contribution in [0.3, 0.4) is 0 Å². The van der Waals surface area contributed by atoms with Crippen molar-refractivity contribution in [3.8, 4) is 5.75 Å². The molecule has 0 aliphatic heterocycles. The second-order valence-electron chi connectivity index (χ2n) is 5.26. The van der Waals surface area contributed by atoms with Gasteiger partial charge >= 0.3 is 0 Å². The second-order valence-corrected chi connectivity index (χ2v) is 6.26. The zero-order chi connectivity index (χ0) is 15.4. The van der Waals surface area contributed by atoms with Crippen molar-refractivity contribution in [3.63, 3.8) is 0 Å². The minimum Gasteiger partial charge on any atom is -0.497 e. The number of hydrogen-bond donors (Lipinski definition) is 0. The average molecular weight is 372 g/mol. The molecule has 2 aromatic rings. The highest BCUT2D eigenvalue weighted by molar-refractivity contribution is 9.09. The maximum absolute atomic E-state index is 6.33. The van der Waals surface area contributed by atoms with Crippen LogP contribution in [-0.2, 0) is 19.9 Å². The Kier molecular flexibility index (Phi) is 5.71. The van der Waals surface area contributed by atoms with Crippen molar-refractivity contribution in [2.45, 2.75) is 19.8 Å². The molecule has 1 unspecified atom stereocenters. The Labute approximate surface area is 139 Å². The van der Waals surface area contributed by atoms with Crippen LogP contribution in [-0.4, -0.2) is 22.2 Å². The Bertz CT molecular complexity index is 595. The highest BCUT2D eigenvalue weighted by Crippen LogP contribution is 2.25. The van der Waals surface area contributed by atoms with Crippen molar-refractivity contribution in [3.05, 3.63) is 46.2 Å². The molecule has 0 aliphatic carbocycles. The van der Waals surface area contributed by atoms with Gasteiger partial charge in [0.05, 0.1) is 12.8 Å². The monoisotopic (exact) mass is 370 g/mol. The zero-order valence-corrected chi connectivity index (χ0v) is 14.9. The molecule has 0 saturated carbocycles. The van der Waals surface area contributed by atoms with Crippen LogP contribution in [0.25, 0.3) is 0 Å². The van der Waals surface area contributed by atoms with Crippen molar-refractivity contribution in [2.75, 3.05) is 12.4 Å². The van der Waals surface area contributed by atoms with Crippen LogP contribution in [0.15, 0.2) is 24.3 Å². The fourth-order valence-electron chi connectivity index (χ4n) is 2.47. The lowest BCUT2D eigenvalue weighted by Gasteiger charge is -2.14. The van der Waals surface area contributed by atoms with Gasteiger partial charge in [0.2, 0.25) is 0 Å². The predicted molar refractivity (Wildman–Crippen MR) is 90.6 cm³/mol. The number of benzene rings is 1. The first kappa shape index (κ1) is 16.4. The molecule has 3 nitrogen and oxygen atoms in total. The fraction of sp³-hybridized carbons (Fsp3) is 0.438. The first-order valence-electron chi connectivity index (χ1n) is 6.92. The largest absolute Gasteiger partial charge is 0.497 e. The third-order valence-electron chi connectivity index (χ3n) is 3.66. The number of methoxy groups -OCH3 is 1. The SMILES string of the molecule is COc1ccc(CC(CBr)Cc2c(C)nn(C)c2Cl)cc1. The van der Waals surface area contributed by atoms with Crippen molar-refractivity contribution in [1.82, 2.24) is 9.78 Å². The molecule has 1 atom stereocenters. The third kappa shape index (κ3) is 4.01.